The Morgan fingerprint density at radius 1 is 1.05 bits per heavy atom. The van der Waals surface area contributed by atoms with E-state index in [1.54, 1.807) is 10.9 Å². The Labute approximate surface area is 114 Å². The molecule has 1 unspecified atom stereocenters. The molecule has 2 N–H and O–H groups in total. The highest BCUT2D eigenvalue weighted by Gasteiger charge is 2.17. The van der Waals surface area contributed by atoms with Crippen LogP contribution in [0.15, 0.2) is 48.8 Å². The van der Waals surface area contributed by atoms with Crippen molar-refractivity contribution in [3.05, 3.63) is 66.0 Å². The van der Waals surface area contributed by atoms with Crippen LogP contribution in [0.2, 0.25) is 0 Å². The van der Waals surface area contributed by atoms with Gasteiger partial charge in [-0.25, -0.2) is 13.8 Å². The standard InChI is InChI=1S/C15H13F2N3/c16-10-4-3-5-11(17)15(10)12(18)8-20-9-19-13-6-1-2-7-14(13)20/h1-7,9,12H,8,18H2. The first-order chi connectivity index (χ1) is 9.66. The highest BCUT2D eigenvalue weighted by Crippen LogP contribution is 2.22. The molecule has 0 aliphatic heterocycles. The summed E-state index contributed by atoms with van der Waals surface area (Å²) < 4.78 is 29.2. The smallest absolute Gasteiger partial charge is 0.130 e. The molecule has 3 aromatic rings. The third-order valence-corrected chi connectivity index (χ3v) is 3.29. The molecule has 0 aliphatic carbocycles. The van der Waals surface area contributed by atoms with Crippen molar-refractivity contribution in [1.82, 2.24) is 9.55 Å². The minimum Gasteiger partial charge on any atom is -0.329 e. The molecule has 1 atom stereocenters. The fourth-order valence-electron chi connectivity index (χ4n) is 2.32. The molecule has 1 heterocycles. The average Bonchev–Trinajstić information content (AvgIpc) is 2.82. The van der Waals surface area contributed by atoms with E-state index in [-0.39, 0.29) is 12.1 Å². The maximum Gasteiger partial charge on any atom is 0.130 e. The predicted molar refractivity (Wildman–Crippen MR) is 73.0 cm³/mol. The minimum absolute atomic E-state index is 0.0923. The van der Waals surface area contributed by atoms with Crippen molar-refractivity contribution in [2.24, 2.45) is 5.73 Å². The molecule has 3 nitrogen and oxygen atoms in total. The van der Waals surface area contributed by atoms with Crippen LogP contribution in [0, 0.1) is 11.6 Å². The molecule has 102 valence electrons. The van der Waals surface area contributed by atoms with Gasteiger partial charge in [0.05, 0.1) is 23.4 Å². The van der Waals surface area contributed by atoms with E-state index in [1.807, 2.05) is 24.3 Å². The molecule has 2 aromatic carbocycles. The number of benzene rings is 2. The van der Waals surface area contributed by atoms with Crippen molar-refractivity contribution >= 4 is 11.0 Å². The van der Waals surface area contributed by atoms with E-state index in [4.69, 9.17) is 5.73 Å². The van der Waals surface area contributed by atoms with Crippen molar-refractivity contribution < 1.29 is 8.78 Å². The summed E-state index contributed by atoms with van der Waals surface area (Å²) in [6, 6.07) is 10.5. The van der Waals surface area contributed by atoms with Crippen molar-refractivity contribution in [3.63, 3.8) is 0 Å². The Balaban J connectivity index is 1.95. The average molecular weight is 273 g/mol. The van der Waals surface area contributed by atoms with Crippen molar-refractivity contribution in [1.29, 1.82) is 0 Å². The number of fused-ring (bicyclic) bond motifs is 1. The molecule has 0 fully saturated rings. The summed E-state index contributed by atoms with van der Waals surface area (Å²) in [4.78, 5) is 4.23. The molecule has 0 radical (unpaired) electrons. The van der Waals surface area contributed by atoms with E-state index in [2.05, 4.69) is 4.98 Å². The van der Waals surface area contributed by atoms with Gasteiger partial charge in [0.2, 0.25) is 0 Å². The first-order valence-corrected chi connectivity index (χ1v) is 6.26. The summed E-state index contributed by atoms with van der Waals surface area (Å²) in [6.07, 6.45) is 1.63. The van der Waals surface area contributed by atoms with Gasteiger partial charge in [-0.05, 0) is 24.3 Å². The summed E-state index contributed by atoms with van der Waals surface area (Å²) in [5.74, 6) is -1.25. The third-order valence-electron chi connectivity index (χ3n) is 3.29. The largest absolute Gasteiger partial charge is 0.329 e. The van der Waals surface area contributed by atoms with Gasteiger partial charge in [0.25, 0.3) is 0 Å². The summed E-state index contributed by atoms with van der Waals surface area (Å²) in [6.45, 7) is 0.262. The molecule has 0 saturated carbocycles. The minimum atomic E-state index is -0.770. The zero-order valence-electron chi connectivity index (χ0n) is 10.6. The van der Waals surface area contributed by atoms with Crippen LogP contribution >= 0.6 is 0 Å². The van der Waals surface area contributed by atoms with E-state index in [9.17, 15) is 8.78 Å². The molecule has 0 bridgehead atoms. The van der Waals surface area contributed by atoms with Crippen LogP contribution in [-0.4, -0.2) is 9.55 Å². The van der Waals surface area contributed by atoms with Crippen LogP contribution in [0.4, 0.5) is 8.78 Å². The van der Waals surface area contributed by atoms with Gasteiger partial charge in [0, 0.05) is 12.1 Å². The van der Waals surface area contributed by atoms with Gasteiger partial charge < -0.3 is 10.3 Å². The van der Waals surface area contributed by atoms with Crippen molar-refractivity contribution in [2.45, 2.75) is 12.6 Å². The third kappa shape index (κ3) is 2.16. The van der Waals surface area contributed by atoms with Gasteiger partial charge in [0.15, 0.2) is 0 Å². The number of para-hydroxylation sites is 2. The first-order valence-electron chi connectivity index (χ1n) is 6.26. The maximum atomic E-state index is 13.7. The van der Waals surface area contributed by atoms with E-state index in [1.165, 1.54) is 18.2 Å². The number of nitrogens with two attached hydrogens (primary N) is 1. The SMILES string of the molecule is NC(Cn1cnc2ccccc21)c1c(F)cccc1F. The van der Waals surface area contributed by atoms with Crippen LogP contribution < -0.4 is 5.73 Å². The number of hydrogen-bond donors (Lipinski definition) is 1. The van der Waals surface area contributed by atoms with Gasteiger partial charge in [-0.1, -0.05) is 18.2 Å². The summed E-state index contributed by atoms with van der Waals surface area (Å²) in [5, 5.41) is 0. The highest BCUT2D eigenvalue weighted by atomic mass is 19.1. The number of hydrogen-bond acceptors (Lipinski definition) is 2. The number of imidazole rings is 1. The van der Waals surface area contributed by atoms with Crippen molar-refractivity contribution in [2.75, 3.05) is 0 Å². The summed E-state index contributed by atoms with van der Waals surface area (Å²) in [7, 11) is 0. The van der Waals surface area contributed by atoms with E-state index in [0.29, 0.717) is 0 Å². The highest BCUT2D eigenvalue weighted by molar-refractivity contribution is 5.74. The van der Waals surface area contributed by atoms with Crippen LogP contribution in [0.3, 0.4) is 0 Å². The lowest BCUT2D eigenvalue weighted by atomic mass is 10.1. The lowest BCUT2D eigenvalue weighted by Gasteiger charge is -2.15. The molecule has 3 rings (SSSR count). The normalized spacial score (nSPS) is 12.8. The maximum absolute atomic E-state index is 13.7. The Hall–Kier alpha value is -2.27. The second-order valence-electron chi connectivity index (χ2n) is 4.63. The quantitative estimate of drug-likeness (QED) is 0.797. The number of nitrogens with zero attached hydrogens (tertiary/aromatic N) is 2. The van der Waals surface area contributed by atoms with E-state index in [0.717, 1.165) is 11.0 Å². The fourth-order valence-corrected chi connectivity index (χ4v) is 2.32. The predicted octanol–water partition coefficient (Wildman–Crippen LogP) is 3.01. The molecular weight excluding hydrogens is 260 g/mol. The van der Waals surface area contributed by atoms with Gasteiger partial charge in [-0.15, -0.1) is 0 Å². The monoisotopic (exact) mass is 273 g/mol. The van der Waals surface area contributed by atoms with Crippen LogP contribution in [0.1, 0.15) is 11.6 Å². The Bertz CT molecular complexity index is 731. The Morgan fingerprint density at radius 2 is 1.75 bits per heavy atom. The molecule has 20 heavy (non-hydrogen) atoms. The van der Waals surface area contributed by atoms with Gasteiger partial charge in [0.1, 0.15) is 11.6 Å². The zero-order valence-corrected chi connectivity index (χ0v) is 10.6. The lowest BCUT2D eigenvalue weighted by molar-refractivity contribution is 0.495. The van der Waals surface area contributed by atoms with Crippen LogP contribution in [0.25, 0.3) is 11.0 Å². The molecular formula is C15H13F2N3. The molecule has 0 amide bonds. The summed E-state index contributed by atoms with van der Waals surface area (Å²) in [5.41, 5.74) is 7.57. The summed E-state index contributed by atoms with van der Waals surface area (Å²) >= 11 is 0. The molecule has 5 heteroatoms. The molecule has 0 aliphatic rings. The van der Waals surface area contributed by atoms with Gasteiger partial charge >= 0.3 is 0 Å². The molecule has 1 aromatic heterocycles. The second kappa shape index (κ2) is 5.02. The van der Waals surface area contributed by atoms with Crippen LogP contribution in [0.5, 0.6) is 0 Å². The number of rotatable bonds is 3. The van der Waals surface area contributed by atoms with Crippen molar-refractivity contribution in [3.8, 4) is 0 Å². The molecule has 0 saturated heterocycles. The molecule has 0 spiro atoms. The van der Waals surface area contributed by atoms with E-state index >= 15 is 0 Å². The number of aromatic nitrogens is 2. The lowest BCUT2D eigenvalue weighted by Crippen LogP contribution is -2.20. The van der Waals surface area contributed by atoms with Crippen LogP contribution in [-0.2, 0) is 6.54 Å². The number of halogens is 2. The fraction of sp³-hybridized carbons (Fsp3) is 0.133. The second-order valence-corrected chi connectivity index (χ2v) is 4.63. The first kappa shape index (κ1) is 12.7. The zero-order chi connectivity index (χ0) is 14.1. The Kier molecular flexibility index (Phi) is 3.20. The van der Waals surface area contributed by atoms with Gasteiger partial charge in [-0.2, -0.15) is 0 Å². The van der Waals surface area contributed by atoms with Gasteiger partial charge in [-0.3, -0.25) is 0 Å². The van der Waals surface area contributed by atoms with E-state index < -0.39 is 17.7 Å². The topological polar surface area (TPSA) is 43.8 Å². The Morgan fingerprint density at radius 3 is 2.50 bits per heavy atom.